The average Bonchev–Trinajstić information content (AvgIpc) is 2.24. The maximum atomic E-state index is 11.6. The first kappa shape index (κ1) is 13.6. The van der Waals surface area contributed by atoms with Crippen molar-refractivity contribution < 1.29 is 8.42 Å². The molecule has 0 aliphatic rings. The van der Waals surface area contributed by atoms with Crippen molar-refractivity contribution in [3.05, 3.63) is 42.0 Å². The molecule has 0 spiro atoms. The molecule has 0 heterocycles. The molecule has 1 aromatic rings. The zero-order valence-electron chi connectivity index (χ0n) is 10.3. The summed E-state index contributed by atoms with van der Waals surface area (Å²) in [5.41, 5.74) is 1.01. The summed E-state index contributed by atoms with van der Waals surface area (Å²) in [4.78, 5) is 0. The highest BCUT2D eigenvalue weighted by atomic mass is 32.2. The molecule has 4 heteroatoms. The van der Waals surface area contributed by atoms with Gasteiger partial charge in [-0.1, -0.05) is 36.4 Å². The fourth-order valence-corrected chi connectivity index (χ4v) is 1.54. The zero-order valence-corrected chi connectivity index (χ0v) is 11.1. The van der Waals surface area contributed by atoms with Gasteiger partial charge in [-0.15, -0.1) is 0 Å². The number of benzene rings is 1. The van der Waals surface area contributed by atoms with Gasteiger partial charge in [-0.25, -0.2) is 8.42 Å². The molecule has 3 nitrogen and oxygen atoms in total. The minimum atomic E-state index is -3.43. The van der Waals surface area contributed by atoms with E-state index in [1.165, 1.54) is 6.21 Å². The van der Waals surface area contributed by atoms with Crippen LogP contribution < -0.4 is 0 Å². The van der Waals surface area contributed by atoms with E-state index in [1.54, 1.807) is 26.8 Å². The standard InChI is InChI=1S/C13H17NO2S/c1-13(2,3)17(15,16)14-11-7-10-12-8-5-4-6-9-12/h4-11H,1-3H3/b10-7+,14-11+. The average molecular weight is 251 g/mol. The van der Waals surface area contributed by atoms with Crippen molar-refractivity contribution >= 4 is 22.3 Å². The Balaban J connectivity index is 2.73. The molecule has 0 aromatic heterocycles. The largest absolute Gasteiger partial charge is 0.258 e. The van der Waals surface area contributed by atoms with Crippen molar-refractivity contribution in [2.75, 3.05) is 0 Å². The summed E-state index contributed by atoms with van der Waals surface area (Å²) in [6.45, 7) is 4.88. The molecule has 0 N–H and O–H groups in total. The Morgan fingerprint density at radius 3 is 2.24 bits per heavy atom. The third-order valence-electron chi connectivity index (χ3n) is 2.15. The van der Waals surface area contributed by atoms with E-state index in [0.29, 0.717) is 0 Å². The van der Waals surface area contributed by atoms with Crippen LogP contribution in [0.3, 0.4) is 0 Å². The van der Waals surface area contributed by atoms with Crippen molar-refractivity contribution in [2.45, 2.75) is 25.5 Å². The predicted molar refractivity (Wildman–Crippen MR) is 72.6 cm³/mol. The van der Waals surface area contributed by atoms with Crippen LogP contribution in [0.5, 0.6) is 0 Å². The van der Waals surface area contributed by atoms with Gasteiger partial charge in [-0.05, 0) is 32.4 Å². The van der Waals surface area contributed by atoms with E-state index >= 15 is 0 Å². The summed E-state index contributed by atoms with van der Waals surface area (Å²) >= 11 is 0. The summed E-state index contributed by atoms with van der Waals surface area (Å²) in [6.07, 6.45) is 4.74. The van der Waals surface area contributed by atoms with E-state index in [2.05, 4.69) is 4.40 Å². The third kappa shape index (κ3) is 4.15. The topological polar surface area (TPSA) is 46.5 Å². The van der Waals surface area contributed by atoms with E-state index in [9.17, 15) is 8.42 Å². The summed E-state index contributed by atoms with van der Waals surface area (Å²) in [5.74, 6) is 0. The lowest BCUT2D eigenvalue weighted by Crippen LogP contribution is -2.25. The Hall–Kier alpha value is -1.42. The highest BCUT2D eigenvalue weighted by Crippen LogP contribution is 2.16. The minimum absolute atomic E-state index is 0.857. The van der Waals surface area contributed by atoms with Crippen LogP contribution in [0.15, 0.2) is 40.8 Å². The number of sulfonamides is 1. The van der Waals surface area contributed by atoms with Crippen LogP contribution in [0.25, 0.3) is 6.08 Å². The van der Waals surface area contributed by atoms with E-state index in [-0.39, 0.29) is 0 Å². The van der Waals surface area contributed by atoms with Gasteiger partial charge >= 0.3 is 0 Å². The molecular weight excluding hydrogens is 234 g/mol. The Kier molecular flexibility index (Phi) is 4.23. The second-order valence-electron chi connectivity index (χ2n) is 4.61. The molecule has 17 heavy (non-hydrogen) atoms. The molecule has 0 saturated heterocycles. The maximum absolute atomic E-state index is 11.6. The Labute approximate surface area is 103 Å². The first-order valence-corrected chi connectivity index (χ1v) is 6.78. The Morgan fingerprint density at radius 1 is 1.12 bits per heavy atom. The fraction of sp³-hybridized carbons (Fsp3) is 0.308. The van der Waals surface area contributed by atoms with Gasteiger partial charge in [0.25, 0.3) is 10.0 Å². The van der Waals surface area contributed by atoms with Gasteiger partial charge in [-0.3, -0.25) is 0 Å². The zero-order chi connectivity index (χ0) is 12.9. The summed E-state index contributed by atoms with van der Waals surface area (Å²) in [6, 6.07) is 9.63. The van der Waals surface area contributed by atoms with Gasteiger partial charge in [0, 0.05) is 6.21 Å². The first-order chi connectivity index (χ1) is 7.83. The number of allylic oxidation sites excluding steroid dienone is 1. The van der Waals surface area contributed by atoms with Crippen molar-refractivity contribution in [1.29, 1.82) is 0 Å². The molecule has 0 unspecified atom stereocenters. The number of rotatable bonds is 3. The van der Waals surface area contributed by atoms with E-state index < -0.39 is 14.8 Å². The lowest BCUT2D eigenvalue weighted by atomic mass is 10.2. The monoisotopic (exact) mass is 251 g/mol. The highest BCUT2D eigenvalue weighted by Gasteiger charge is 2.27. The van der Waals surface area contributed by atoms with E-state index in [4.69, 9.17) is 0 Å². The van der Waals surface area contributed by atoms with Gasteiger partial charge in [0.2, 0.25) is 0 Å². The second-order valence-corrected chi connectivity index (χ2v) is 7.00. The van der Waals surface area contributed by atoms with Crippen LogP contribution in [0.1, 0.15) is 26.3 Å². The predicted octanol–water partition coefficient (Wildman–Crippen LogP) is 2.90. The van der Waals surface area contributed by atoms with Gasteiger partial charge in [0.05, 0.1) is 4.75 Å². The van der Waals surface area contributed by atoms with Crippen LogP contribution >= 0.6 is 0 Å². The van der Waals surface area contributed by atoms with E-state index in [1.807, 2.05) is 36.4 Å². The maximum Gasteiger partial charge on any atom is 0.258 e. The Bertz CT molecular complexity index is 508. The lowest BCUT2D eigenvalue weighted by Gasteiger charge is -2.13. The fourth-order valence-electron chi connectivity index (χ4n) is 0.992. The first-order valence-electron chi connectivity index (χ1n) is 5.34. The summed E-state index contributed by atoms with van der Waals surface area (Å²) < 4.78 is 26.0. The molecule has 0 saturated carbocycles. The summed E-state index contributed by atoms with van der Waals surface area (Å²) in [7, 11) is -3.43. The molecule has 0 bridgehead atoms. The molecule has 0 aliphatic heterocycles. The molecular formula is C13H17NO2S. The third-order valence-corrected chi connectivity index (χ3v) is 4.09. The number of hydrogen-bond acceptors (Lipinski definition) is 2. The van der Waals surface area contributed by atoms with Crippen LogP contribution in [-0.2, 0) is 10.0 Å². The highest BCUT2D eigenvalue weighted by molar-refractivity contribution is 7.91. The molecule has 0 amide bonds. The van der Waals surface area contributed by atoms with Crippen molar-refractivity contribution in [3.8, 4) is 0 Å². The molecule has 0 aliphatic carbocycles. The normalized spacial score (nSPS) is 13.6. The Morgan fingerprint density at radius 2 is 1.71 bits per heavy atom. The van der Waals surface area contributed by atoms with Gasteiger partial charge in [0.1, 0.15) is 0 Å². The summed E-state index contributed by atoms with van der Waals surface area (Å²) in [5, 5.41) is 0. The SMILES string of the molecule is CC(C)(C)S(=O)(=O)/N=C/C=C/c1ccccc1. The van der Waals surface area contributed by atoms with Gasteiger partial charge < -0.3 is 0 Å². The van der Waals surface area contributed by atoms with Crippen molar-refractivity contribution in [1.82, 2.24) is 0 Å². The molecule has 0 atom stereocenters. The lowest BCUT2D eigenvalue weighted by molar-refractivity contribution is 0.562. The van der Waals surface area contributed by atoms with Crippen LogP contribution in [-0.4, -0.2) is 19.4 Å². The van der Waals surface area contributed by atoms with Crippen LogP contribution in [0, 0.1) is 0 Å². The molecule has 0 fully saturated rings. The molecule has 0 radical (unpaired) electrons. The van der Waals surface area contributed by atoms with Gasteiger partial charge in [0.15, 0.2) is 0 Å². The number of nitrogens with zero attached hydrogens (tertiary/aromatic N) is 1. The van der Waals surface area contributed by atoms with Crippen LogP contribution in [0.2, 0.25) is 0 Å². The molecule has 1 rings (SSSR count). The smallest absolute Gasteiger partial charge is 0.204 e. The molecule has 1 aromatic carbocycles. The van der Waals surface area contributed by atoms with Crippen molar-refractivity contribution in [2.24, 2.45) is 4.40 Å². The van der Waals surface area contributed by atoms with Crippen molar-refractivity contribution in [3.63, 3.8) is 0 Å². The minimum Gasteiger partial charge on any atom is -0.204 e. The number of hydrogen-bond donors (Lipinski definition) is 0. The van der Waals surface area contributed by atoms with Gasteiger partial charge in [-0.2, -0.15) is 4.40 Å². The van der Waals surface area contributed by atoms with E-state index in [0.717, 1.165) is 5.56 Å². The quantitative estimate of drug-likeness (QED) is 0.775. The second kappa shape index (κ2) is 5.27. The van der Waals surface area contributed by atoms with Crippen LogP contribution in [0.4, 0.5) is 0 Å². The molecule has 92 valence electrons.